The van der Waals surface area contributed by atoms with Crippen molar-refractivity contribution in [3.05, 3.63) is 77.5 Å². The Morgan fingerprint density at radius 3 is 2.40 bits per heavy atom. The summed E-state index contributed by atoms with van der Waals surface area (Å²) in [6, 6.07) is 20.2. The van der Waals surface area contributed by atoms with Gasteiger partial charge in [-0.2, -0.15) is 0 Å². The maximum atomic E-state index is 11.5. The molecule has 25 heavy (non-hydrogen) atoms. The number of aryl methyl sites for hydroxylation is 1. The van der Waals surface area contributed by atoms with E-state index in [-0.39, 0.29) is 5.91 Å². The first kappa shape index (κ1) is 16.6. The van der Waals surface area contributed by atoms with Gasteiger partial charge < -0.3 is 10.6 Å². The molecule has 0 bridgehead atoms. The fourth-order valence-electron chi connectivity index (χ4n) is 2.55. The maximum Gasteiger partial charge on any atom is 0.271 e. The number of hydrogen-bond acceptors (Lipinski definition) is 4. The Morgan fingerprint density at radius 2 is 1.72 bits per heavy atom. The smallest absolute Gasteiger partial charge is 0.271 e. The molecule has 0 saturated carbocycles. The van der Waals surface area contributed by atoms with Gasteiger partial charge in [0.05, 0.1) is 0 Å². The van der Waals surface area contributed by atoms with Gasteiger partial charge in [0.15, 0.2) is 5.69 Å². The Morgan fingerprint density at radius 1 is 0.960 bits per heavy atom. The lowest BCUT2D eigenvalue weighted by atomic mass is 10.0. The highest BCUT2D eigenvalue weighted by molar-refractivity contribution is 5.91. The predicted molar refractivity (Wildman–Crippen MR) is 99.4 cm³/mol. The Hall–Kier alpha value is -3.21. The summed E-state index contributed by atoms with van der Waals surface area (Å²) < 4.78 is 0. The molecule has 0 saturated heterocycles. The zero-order chi connectivity index (χ0) is 17.6. The molecule has 0 atom stereocenters. The lowest BCUT2D eigenvalue weighted by Gasteiger charge is -2.08. The van der Waals surface area contributed by atoms with Gasteiger partial charge in [0.25, 0.3) is 5.91 Å². The van der Waals surface area contributed by atoms with Crippen molar-refractivity contribution >= 4 is 11.7 Å². The van der Waals surface area contributed by atoms with Crippen molar-refractivity contribution in [2.45, 2.75) is 13.5 Å². The zero-order valence-electron chi connectivity index (χ0n) is 14.3. The molecule has 0 unspecified atom stereocenters. The number of anilines is 1. The Balaban J connectivity index is 1.69. The van der Waals surface area contributed by atoms with Crippen molar-refractivity contribution in [2.24, 2.45) is 0 Å². The number of rotatable bonds is 5. The molecule has 2 N–H and O–H groups in total. The van der Waals surface area contributed by atoms with E-state index in [1.165, 1.54) is 16.7 Å². The van der Waals surface area contributed by atoms with E-state index in [0.29, 0.717) is 18.1 Å². The van der Waals surface area contributed by atoms with Crippen LogP contribution in [0.25, 0.3) is 11.1 Å². The summed E-state index contributed by atoms with van der Waals surface area (Å²) in [4.78, 5) is 11.5. The number of carbonyl (C=O) groups excluding carboxylic acids is 1. The molecule has 1 heterocycles. The first-order chi connectivity index (χ1) is 12.2. The van der Waals surface area contributed by atoms with E-state index in [0.717, 1.165) is 5.56 Å². The van der Waals surface area contributed by atoms with E-state index in [1.807, 2.05) is 0 Å². The van der Waals surface area contributed by atoms with Gasteiger partial charge in [-0.05, 0) is 41.8 Å². The standard InChI is InChI=1S/C20H20N4O/c1-14-5-3-7-16(11-14)17-8-4-6-15(12-17)13-22-19-10-9-18(23-24-19)20(25)21-2/h3-12H,13H2,1-2H3,(H,21,25)(H,22,24). The highest BCUT2D eigenvalue weighted by Crippen LogP contribution is 2.21. The third-order valence-corrected chi connectivity index (χ3v) is 3.88. The molecule has 126 valence electrons. The summed E-state index contributed by atoms with van der Waals surface area (Å²) in [6.07, 6.45) is 0. The molecule has 0 spiro atoms. The van der Waals surface area contributed by atoms with Gasteiger partial charge >= 0.3 is 0 Å². The maximum absolute atomic E-state index is 11.5. The molecule has 3 rings (SSSR count). The molecule has 0 aliphatic heterocycles. The molecule has 0 fully saturated rings. The lowest BCUT2D eigenvalue weighted by Crippen LogP contribution is -2.19. The lowest BCUT2D eigenvalue weighted by molar-refractivity contribution is 0.0957. The van der Waals surface area contributed by atoms with Crippen molar-refractivity contribution in [3.63, 3.8) is 0 Å². The van der Waals surface area contributed by atoms with Crippen LogP contribution in [0.3, 0.4) is 0 Å². The second kappa shape index (κ2) is 7.57. The average molecular weight is 332 g/mol. The Bertz CT molecular complexity index is 875. The first-order valence-electron chi connectivity index (χ1n) is 8.11. The quantitative estimate of drug-likeness (QED) is 0.751. The second-order valence-electron chi connectivity index (χ2n) is 5.81. The number of aromatic nitrogens is 2. The highest BCUT2D eigenvalue weighted by atomic mass is 16.1. The molecule has 1 aromatic heterocycles. The van der Waals surface area contributed by atoms with Gasteiger partial charge in [-0.15, -0.1) is 10.2 Å². The Labute approximate surface area is 147 Å². The van der Waals surface area contributed by atoms with Crippen LogP contribution in [0, 0.1) is 6.92 Å². The van der Waals surface area contributed by atoms with Crippen molar-refractivity contribution < 1.29 is 4.79 Å². The first-order valence-corrected chi connectivity index (χ1v) is 8.11. The van der Waals surface area contributed by atoms with Gasteiger partial charge in [-0.3, -0.25) is 4.79 Å². The molecule has 2 aromatic carbocycles. The number of amides is 1. The minimum Gasteiger partial charge on any atom is -0.365 e. The van der Waals surface area contributed by atoms with Gasteiger partial charge in [0, 0.05) is 13.6 Å². The molecule has 5 heteroatoms. The van der Waals surface area contributed by atoms with Crippen LogP contribution < -0.4 is 10.6 Å². The summed E-state index contributed by atoms with van der Waals surface area (Å²) in [5, 5.41) is 13.7. The van der Waals surface area contributed by atoms with Gasteiger partial charge in [0.1, 0.15) is 5.82 Å². The van der Waals surface area contributed by atoms with Crippen LogP contribution in [0.4, 0.5) is 5.82 Å². The molecular weight excluding hydrogens is 312 g/mol. The van der Waals surface area contributed by atoms with Gasteiger partial charge in [-0.25, -0.2) is 0 Å². The fourth-order valence-corrected chi connectivity index (χ4v) is 2.55. The van der Waals surface area contributed by atoms with Gasteiger partial charge in [-0.1, -0.05) is 48.0 Å². The molecule has 0 radical (unpaired) electrons. The van der Waals surface area contributed by atoms with Crippen molar-refractivity contribution in [3.8, 4) is 11.1 Å². The molecule has 3 aromatic rings. The van der Waals surface area contributed by atoms with Crippen LogP contribution in [0.1, 0.15) is 21.6 Å². The fraction of sp³-hybridized carbons (Fsp3) is 0.150. The third kappa shape index (κ3) is 4.20. The van der Waals surface area contributed by atoms with E-state index in [1.54, 1.807) is 19.2 Å². The average Bonchev–Trinajstić information content (AvgIpc) is 2.66. The summed E-state index contributed by atoms with van der Waals surface area (Å²) in [5.41, 5.74) is 5.08. The molecular formula is C20H20N4O. The summed E-state index contributed by atoms with van der Waals surface area (Å²) >= 11 is 0. The molecule has 1 amide bonds. The minimum atomic E-state index is -0.245. The van der Waals surface area contributed by atoms with Crippen LogP contribution in [-0.4, -0.2) is 23.2 Å². The third-order valence-electron chi connectivity index (χ3n) is 3.88. The number of nitrogens with one attached hydrogen (secondary N) is 2. The summed E-state index contributed by atoms with van der Waals surface area (Å²) in [5.74, 6) is 0.388. The van der Waals surface area contributed by atoms with E-state index < -0.39 is 0 Å². The van der Waals surface area contributed by atoms with Crippen molar-refractivity contribution in [1.82, 2.24) is 15.5 Å². The molecule has 0 aliphatic carbocycles. The van der Waals surface area contributed by atoms with Crippen LogP contribution in [0.15, 0.2) is 60.7 Å². The van der Waals surface area contributed by atoms with Crippen LogP contribution >= 0.6 is 0 Å². The zero-order valence-corrected chi connectivity index (χ0v) is 14.3. The van der Waals surface area contributed by atoms with E-state index in [9.17, 15) is 4.79 Å². The predicted octanol–water partition coefficient (Wildman–Crippen LogP) is 3.42. The Kier molecular flexibility index (Phi) is 5.04. The van der Waals surface area contributed by atoms with Crippen LogP contribution in [-0.2, 0) is 6.54 Å². The second-order valence-corrected chi connectivity index (χ2v) is 5.81. The van der Waals surface area contributed by atoms with Gasteiger partial charge in [0.2, 0.25) is 0 Å². The van der Waals surface area contributed by atoms with Crippen molar-refractivity contribution in [2.75, 3.05) is 12.4 Å². The number of hydrogen-bond donors (Lipinski definition) is 2. The van der Waals surface area contributed by atoms with E-state index in [4.69, 9.17) is 0 Å². The largest absolute Gasteiger partial charge is 0.365 e. The van der Waals surface area contributed by atoms with Crippen LogP contribution in [0.5, 0.6) is 0 Å². The topological polar surface area (TPSA) is 66.9 Å². The molecule has 5 nitrogen and oxygen atoms in total. The number of carbonyl (C=O) groups is 1. The summed E-state index contributed by atoms with van der Waals surface area (Å²) in [6.45, 7) is 2.73. The summed E-state index contributed by atoms with van der Waals surface area (Å²) in [7, 11) is 1.57. The SMILES string of the molecule is CNC(=O)c1ccc(NCc2cccc(-c3cccc(C)c3)c2)nn1. The highest BCUT2D eigenvalue weighted by Gasteiger charge is 2.05. The van der Waals surface area contributed by atoms with Crippen LogP contribution in [0.2, 0.25) is 0 Å². The number of nitrogens with zero attached hydrogens (tertiary/aromatic N) is 2. The van der Waals surface area contributed by atoms with E-state index in [2.05, 4.69) is 76.3 Å². The van der Waals surface area contributed by atoms with Crippen molar-refractivity contribution in [1.29, 1.82) is 0 Å². The monoisotopic (exact) mass is 332 g/mol. The normalized spacial score (nSPS) is 10.3. The molecule has 0 aliphatic rings. The minimum absolute atomic E-state index is 0.245. The number of benzene rings is 2. The van der Waals surface area contributed by atoms with E-state index >= 15 is 0 Å².